The Morgan fingerprint density at radius 3 is 2.29 bits per heavy atom. The Morgan fingerprint density at radius 2 is 1.86 bits per heavy atom. The van der Waals surface area contributed by atoms with Crippen LogP contribution in [0.15, 0.2) is 42.5 Å². The summed E-state index contributed by atoms with van der Waals surface area (Å²) in [5.41, 5.74) is 1.60. The van der Waals surface area contributed by atoms with Gasteiger partial charge >= 0.3 is 0 Å². The Kier molecular flexibility index (Phi) is 2.03. The molecular formula is C13H14O. The number of Topliss-reactive ketones (excluding diaryl/α,β-unsaturated/α-hetero) is 1. The largest absolute Gasteiger partial charge is 0.294 e. The van der Waals surface area contributed by atoms with Crippen molar-refractivity contribution in [3.63, 3.8) is 0 Å². The van der Waals surface area contributed by atoms with Gasteiger partial charge in [0.25, 0.3) is 0 Å². The molecule has 0 heterocycles. The van der Waals surface area contributed by atoms with Gasteiger partial charge < -0.3 is 0 Å². The van der Waals surface area contributed by atoms with E-state index in [-0.39, 0.29) is 11.2 Å². The summed E-state index contributed by atoms with van der Waals surface area (Å²) >= 11 is 0. The molecule has 0 unspecified atom stereocenters. The van der Waals surface area contributed by atoms with Crippen molar-refractivity contribution in [1.29, 1.82) is 0 Å². The lowest BCUT2D eigenvalue weighted by molar-refractivity contribution is -0.117. The van der Waals surface area contributed by atoms with Crippen LogP contribution in [0, 0.1) is 0 Å². The predicted molar refractivity (Wildman–Crippen MR) is 57.2 cm³/mol. The molecule has 2 rings (SSSR count). The van der Waals surface area contributed by atoms with E-state index in [4.69, 9.17) is 0 Å². The second kappa shape index (κ2) is 3.09. The number of carbonyl (C=O) groups is 1. The van der Waals surface area contributed by atoms with E-state index in [2.05, 4.69) is 6.58 Å². The molecule has 1 aliphatic rings. The van der Waals surface area contributed by atoms with E-state index in [1.54, 1.807) is 6.92 Å². The van der Waals surface area contributed by atoms with Crippen molar-refractivity contribution in [2.75, 3.05) is 0 Å². The van der Waals surface area contributed by atoms with Gasteiger partial charge in [-0.25, -0.2) is 0 Å². The Balaban J connectivity index is 2.35. The summed E-state index contributed by atoms with van der Waals surface area (Å²) in [4.78, 5) is 11.9. The molecule has 1 saturated carbocycles. The zero-order valence-corrected chi connectivity index (χ0v) is 8.42. The molecule has 1 aromatic rings. The second-order valence-corrected chi connectivity index (χ2v) is 4.06. The molecule has 0 saturated heterocycles. The van der Waals surface area contributed by atoms with Crippen LogP contribution in [0.4, 0.5) is 0 Å². The zero-order chi connectivity index (χ0) is 10.2. The molecule has 0 amide bonds. The van der Waals surface area contributed by atoms with E-state index in [9.17, 15) is 4.79 Å². The number of allylic oxidation sites excluding steroid dienone is 1. The third-order valence-electron chi connectivity index (χ3n) is 2.90. The van der Waals surface area contributed by atoms with Crippen LogP contribution in [-0.4, -0.2) is 5.78 Å². The van der Waals surface area contributed by atoms with Crippen molar-refractivity contribution in [2.45, 2.75) is 25.2 Å². The van der Waals surface area contributed by atoms with Crippen LogP contribution in [0.2, 0.25) is 0 Å². The summed E-state index contributed by atoms with van der Waals surface area (Å²) in [6.45, 7) is 5.53. The summed E-state index contributed by atoms with van der Waals surface area (Å²) in [7, 11) is 0. The van der Waals surface area contributed by atoms with Crippen LogP contribution in [0.3, 0.4) is 0 Å². The first-order valence-electron chi connectivity index (χ1n) is 4.93. The number of ketones is 1. The predicted octanol–water partition coefficient (Wildman–Crippen LogP) is 2.86. The number of benzene rings is 1. The van der Waals surface area contributed by atoms with E-state index in [0.717, 1.165) is 18.4 Å². The quantitative estimate of drug-likeness (QED) is 0.663. The Morgan fingerprint density at radius 1 is 1.29 bits per heavy atom. The van der Waals surface area contributed by atoms with Gasteiger partial charge in [-0.3, -0.25) is 4.79 Å². The summed E-state index contributed by atoms with van der Waals surface area (Å²) < 4.78 is 0. The summed E-state index contributed by atoms with van der Waals surface area (Å²) in [5.74, 6) is 0.212. The van der Waals surface area contributed by atoms with Gasteiger partial charge in [0.2, 0.25) is 0 Å². The first-order chi connectivity index (χ1) is 6.67. The lowest BCUT2D eigenvalue weighted by Crippen LogP contribution is -2.20. The summed E-state index contributed by atoms with van der Waals surface area (Å²) in [5, 5.41) is 0. The maximum absolute atomic E-state index is 11.9. The van der Waals surface area contributed by atoms with Crippen LogP contribution in [0.1, 0.15) is 25.3 Å². The SMILES string of the molecule is C=C(C)C(=O)C1(c2ccccc2)CC1. The third kappa shape index (κ3) is 1.29. The standard InChI is InChI=1S/C13H14O/c1-10(2)12(14)13(8-9-13)11-6-4-3-5-7-11/h3-7H,1,8-9H2,2H3. The highest BCUT2D eigenvalue weighted by Crippen LogP contribution is 2.50. The molecule has 0 aliphatic heterocycles. The average Bonchev–Trinajstić information content (AvgIpc) is 2.99. The van der Waals surface area contributed by atoms with Gasteiger partial charge in [-0.1, -0.05) is 36.9 Å². The molecule has 0 N–H and O–H groups in total. The van der Waals surface area contributed by atoms with Gasteiger partial charge in [0, 0.05) is 0 Å². The molecule has 0 aromatic heterocycles. The highest BCUT2D eigenvalue weighted by atomic mass is 16.1. The van der Waals surface area contributed by atoms with Crippen molar-refractivity contribution in [3.05, 3.63) is 48.0 Å². The van der Waals surface area contributed by atoms with Crippen LogP contribution in [0.25, 0.3) is 0 Å². The van der Waals surface area contributed by atoms with Crippen molar-refractivity contribution < 1.29 is 4.79 Å². The van der Waals surface area contributed by atoms with Crippen molar-refractivity contribution in [3.8, 4) is 0 Å². The fourth-order valence-corrected chi connectivity index (χ4v) is 1.94. The number of carbonyl (C=O) groups excluding carboxylic acids is 1. The fraction of sp³-hybridized carbons (Fsp3) is 0.308. The summed E-state index contributed by atoms with van der Waals surface area (Å²) in [6, 6.07) is 10.0. The Bertz CT molecular complexity index is 371. The minimum atomic E-state index is -0.215. The van der Waals surface area contributed by atoms with Crippen LogP contribution < -0.4 is 0 Å². The zero-order valence-electron chi connectivity index (χ0n) is 8.42. The third-order valence-corrected chi connectivity index (χ3v) is 2.90. The van der Waals surface area contributed by atoms with Gasteiger partial charge in [-0.2, -0.15) is 0 Å². The minimum Gasteiger partial charge on any atom is -0.294 e. The Hall–Kier alpha value is -1.37. The summed E-state index contributed by atoms with van der Waals surface area (Å²) in [6.07, 6.45) is 1.95. The molecule has 72 valence electrons. The second-order valence-electron chi connectivity index (χ2n) is 4.06. The van der Waals surface area contributed by atoms with Crippen molar-refractivity contribution in [1.82, 2.24) is 0 Å². The highest BCUT2D eigenvalue weighted by Gasteiger charge is 2.50. The normalized spacial score (nSPS) is 17.5. The molecule has 1 heteroatoms. The molecule has 0 radical (unpaired) electrons. The smallest absolute Gasteiger partial charge is 0.168 e. The molecule has 1 aliphatic carbocycles. The van der Waals surface area contributed by atoms with Crippen molar-refractivity contribution in [2.24, 2.45) is 0 Å². The van der Waals surface area contributed by atoms with Gasteiger partial charge in [0.1, 0.15) is 0 Å². The monoisotopic (exact) mass is 186 g/mol. The molecule has 1 fully saturated rings. The first-order valence-corrected chi connectivity index (χ1v) is 4.93. The molecule has 0 bridgehead atoms. The average molecular weight is 186 g/mol. The molecule has 14 heavy (non-hydrogen) atoms. The number of hydrogen-bond acceptors (Lipinski definition) is 1. The van der Waals surface area contributed by atoms with Gasteiger partial charge in [-0.15, -0.1) is 0 Å². The maximum Gasteiger partial charge on any atom is 0.168 e. The number of hydrogen-bond donors (Lipinski definition) is 0. The molecule has 0 atom stereocenters. The molecule has 1 nitrogen and oxygen atoms in total. The van der Waals surface area contributed by atoms with E-state index in [0.29, 0.717) is 5.57 Å². The maximum atomic E-state index is 11.9. The lowest BCUT2D eigenvalue weighted by Gasteiger charge is -2.13. The molecule has 0 spiro atoms. The van der Waals surface area contributed by atoms with Gasteiger partial charge in [-0.05, 0) is 30.9 Å². The van der Waals surface area contributed by atoms with E-state index >= 15 is 0 Å². The van der Waals surface area contributed by atoms with Crippen LogP contribution >= 0.6 is 0 Å². The topological polar surface area (TPSA) is 17.1 Å². The van der Waals surface area contributed by atoms with E-state index in [1.807, 2.05) is 30.3 Å². The molecular weight excluding hydrogens is 172 g/mol. The molecule has 1 aromatic carbocycles. The highest BCUT2D eigenvalue weighted by molar-refractivity contribution is 6.04. The number of rotatable bonds is 3. The van der Waals surface area contributed by atoms with Crippen LogP contribution in [0.5, 0.6) is 0 Å². The minimum absolute atomic E-state index is 0.212. The van der Waals surface area contributed by atoms with Crippen LogP contribution in [-0.2, 0) is 10.2 Å². The fourth-order valence-electron chi connectivity index (χ4n) is 1.94. The Labute approximate surface area is 84.5 Å². The van der Waals surface area contributed by atoms with Gasteiger partial charge in [0.15, 0.2) is 5.78 Å². The lowest BCUT2D eigenvalue weighted by atomic mass is 9.88. The van der Waals surface area contributed by atoms with E-state index < -0.39 is 0 Å². The van der Waals surface area contributed by atoms with Gasteiger partial charge in [0.05, 0.1) is 5.41 Å². The van der Waals surface area contributed by atoms with Crippen molar-refractivity contribution >= 4 is 5.78 Å². The van der Waals surface area contributed by atoms with E-state index in [1.165, 1.54) is 0 Å². The first kappa shape index (κ1) is 9.20.